The summed E-state index contributed by atoms with van der Waals surface area (Å²) in [4.78, 5) is 17.4. The number of carbonyl (C=O) groups is 1. The minimum Gasteiger partial charge on any atom is -0.340 e. The van der Waals surface area contributed by atoms with Gasteiger partial charge in [-0.2, -0.15) is 4.72 Å². The van der Waals surface area contributed by atoms with Crippen LogP contribution in [0.2, 0.25) is 0 Å². The second-order valence-corrected chi connectivity index (χ2v) is 9.04. The largest absolute Gasteiger partial charge is 0.340 e. The Balaban J connectivity index is 1.70. The van der Waals surface area contributed by atoms with Crippen LogP contribution in [0.4, 0.5) is 0 Å². The van der Waals surface area contributed by atoms with Gasteiger partial charge >= 0.3 is 0 Å². The molecule has 1 unspecified atom stereocenters. The molecule has 6 nitrogen and oxygen atoms in total. The van der Waals surface area contributed by atoms with Gasteiger partial charge < -0.3 is 9.80 Å². The average molecular weight is 365 g/mol. The van der Waals surface area contributed by atoms with Crippen LogP contribution in [-0.4, -0.2) is 62.9 Å². The van der Waals surface area contributed by atoms with E-state index in [1.807, 2.05) is 11.0 Å². The maximum atomic E-state index is 12.9. The molecule has 1 fully saturated rings. The van der Waals surface area contributed by atoms with E-state index in [1.54, 1.807) is 18.2 Å². The van der Waals surface area contributed by atoms with Crippen LogP contribution in [-0.2, 0) is 21.2 Å². The van der Waals surface area contributed by atoms with E-state index in [9.17, 15) is 13.2 Å². The van der Waals surface area contributed by atoms with Crippen LogP contribution in [0.25, 0.3) is 0 Å². The van der Waals surface area contributed by atoms with Crippen molar-refractivity contribution in [1.82, 2.24) is 14.5 Å². The van der Waals surface area contributed by atoms with Crippen LogP contribution in [0, 0.1) is 5.92 Å². The zero-order chi connectivity index (χ0) is 18.0. The lowest BCUT2D eigenvalue weighted by Crippen LogP contribution is -2.52. The van der Waals surface area contributed by atoms with Crippen LogP contribution < -0.4 is 4.72 Å². The van der Waals surface area contributed by atoms with E-state index < -0.39 is 16.1 Å². The zero-order valence-corrected chi connectivity index (χ0v) is 15.8. The van der Waals surface area contributed by atoms with Crippen LogP contribution in [0.15, 0.2) is 29.2 Å². The van der Waals surface area contributed by atoms with Gasteiger partial charge in [0, 0.05) is 26.2 Å². The normalized spacial score (nSPS) is 24.0. The summed E-state index contributed by atoms with van der Waals surface area (Å²) in [5.41, 5.74) is 0.718. The van der Waals surface area contributed by atoms with E-state index >= 15 is 0 Å². The van der Waals surface area contributed by atoms with Gasteiger partial charge in [0.05, 0.1) is 4.90 Å². The van der Waals surface area contributed by atoms with Gasteiger partial charge in [-0.25, -0.2) is 8.42 Å². The molecular weight excluding hydrogens is 338 g/mol. The number of sulfonamides is 1. The summed E-state index contributed by atoms with van der Waals surface area (Å²) in [5.74, 6) is 0.494. The predicted octanol–water partition coefficient (Wildman–Crippen LogP) is 1.08. The van der Waals surface area contributed by atoms with Crippen molar-refractivity contribution in [3.8, 4) is 0 Å². The van der Waals surface area contributed by atoms with Gasteiger partial charge in [-0.15, -0.1) is 0 Å². The van der Waals surface area contributed by atoms with Crippen LogP contribution in [0.5, 0.6) is 0 Å². The molecule has 2 heterocycles. The van der Waals surface area contributed by atoms with Crippen molar-refractivity contribution in [2.24, 2.45) is 5.92 Å². The second-order valence-electron chi connectivity index (χ2n) is 7.36. The lowest BCUT2D eigenvalue weighted by molar-refractivity contribution is -0.132. The fraction of sp³-hybridized carbons (Fsp3) is 0.611. The predicted molar refractivity (Wildman–Crippen MR) is 96.7 cm³/mol. The third kappa shape index (κ3) is 4.22. The monoisotopic (exact) mass is 365 g/mol. The Labute approximate surface area is 150 Å². The Hall–Kier alpha value is -1.44. The molecule has 1 atom stereocenters. The van der Waals surface area contributed by atoms with Crippen molar-refractivity contribution < 1.29 is 13.2 Å². The SMILES string of the molecule is CC(C)CN1CCCN(C(=O)C2Cc3ccccc3S(=O)(=O)N2)CC1. The summed E-state index contributed by atoms with van der Waals surface area (Å²) in [6.45, 7) is 8.61. The maximum Gasteiger partial charge on any atom is 0.241 e. The van der Waals surface area contributed by atoms with Crippen molar-refractivity contribution in [3.63, 3.8) is 0 Å². The fourth-order valence-corrected chi connectivity index (χ4v) is 5.14. The number of benzene rings is 1. The molecule has 25 heavy (non-hydrogen) atoms. The molecule has 0 aromatic heterocycles. The van der Waals surface area contributed by atoms with Crippen molar-refractivity contribution in [1.29, 1.82) is 0 Å². The summed E-state index contributed by atoms with van der Waals surface area (Å²) in [6, 6.07) is 6.21. The molecule has 1 amide bonds. The van der Waals surface area contributed by atoms with Gasteiger partial charge in [0.15, 0.2) is 0 Å². The molecule has 0 saturated carbocycles. The average Bonchev–Trinajstić information content (AvgIpc) is 2.78. The maximum absolute atomic E-state index is 12.9. The van der Waals surface area contributed by atoms with E-state index in [-0.39, 0.29) is 10.8 Å². The number of fused-ring (bicyclic) bond motifs is 1. The number of nitrogens with zero attached hydrogens (tertiary/aromatic N) is 2. The molecular formula is C18H27N3O3S. The highest BCUT2D eigenvalue weighted by molar-refractivity contribution is 7.89. The number of amides is 1. The van der Waals surface area contributed by atoms with Crippen LogP contribution in [0.1, 0.15) is 25.8 Å². The molecule has 2 aliphatic rings. The molecule has 1 aromatic carbocycles. The van der Waals surface area contributed by atoms with Crippen molar-refractivity contribution >= 4 is 15.9 Å². The first-order chi connectivity index (χ1) is 11.9. The molecule has 0 spiro atoms. The van der Waals surface area contributed by atoms with Crippen molar-refractivity contribution in [2.45, 2.75) is 37.6 Å². The molecule has 7 heteroatoms. The third-order valence-electron chi connectivity index (χ3n) is 4.81. The van der Waals surface area contributed by atoms with Gasteiger partial charge in [0.2, 0.25) is 15.9 Å². The van der Waals surface area contributed by atoms with Gasteiger partial charge in [-0.3, -0.25) is 4.79 Å². The van der Waals surface area contributed by atoms with E-state index in [1.165, 1.54) is 0 Å². The summed E-state index contributed by atoms with van der Waals surface area (Å²) in [5, 5.41) is 0. The Morgan fingerprint density at radius 3 is 2.72 bits per heavy atom. The van der Waals surface area contributed by atoms with Crippen molar-refractivity contribution in [3.05, 3.63) is 29.8 Å². The summed E-state index contributed by atoms with van der Waals surface area (Å²) in [7, 11) is -3.62. The molecule has 0 radical (unpaired) electrons. The Bertz CT molecular complexity index is 733. The topological polar surface area (TPSA) is 69.7 Å². The molecule has 0 bridgehead atoms. The molecule has 1 N–H and O–H groups in total. The zero-order valence-electron chi connectivity index (χ0n) is 14.9. The molecule has 0 aliphatic carbocycles. The molecule has 1 aromatic rings. The molecule has 138 valence electrons. The lowest BCUT2D eigenvalue weighted by Gasteiger charge is -2.30. The van der Waals surface area contributed by atoms with Gasteiger partial charge in [0.1, 0.15) is 6.04 Å². The van der Waals surface area contributed by atoms with Gasteiger partial charge in [0.25, 0.3) is 0 Å². The number of rotatable bonds is 3. The highest BCUT2D eigenvalue weighted by atomic mass is 32.2. The first kappa shape index (κ1) is 18.4. The van der Waals surface area contributed by atoms with E-state index in [4.69, 9.17) is 0 Å². The lowest BCUT2D eigenvalue weighted by atomic mass is 10.0. The number of hydrogen-bond acceptors (Lipinski definition) is 4. The number of nitrogens with one attached hydrogen (secondary N) is 1. The van der Waals surface area contributed by atoms with Crippen LogP contribution >= 0.6 is 0 Å². The summed E-state index contributed by atoms with van der Waals surface area (Å²) < 4.78 is 27.4. The van der Waals surface area contributed by atoms with Crippen LogP contribution in [0.3, 0.4) is 0 Å². The molecule has 1 saturated heterocycles. The molecule has 3 rings (SSSR count). The standard InChI is InChI=1S/C18H27N3O3S/c1-14(2)13-20-8-5-9-21(11-10-20)18(22)16-12-15-6-3-4-7-17(15)25(23,24)19-16/h3-4,6-7,14,16,19H,5,8-13H2,1-2H3. The minimum absolute atomic E-state index is 0.107. The fourth-order valence-electron chi connectivity index (χ4n) is 3.70. The first-order valence-corrected chi connectivity index (χ1v) is 10.5. The Morgan fingerprint density at radius 2 is 1.96 bits per heavy atom. The van der Waals surface area contributed by atoms with E-state index in [0.717, 1.165) is 31.6 Å². The minimum atomic E-state index is -3.62. The Kier molecular flexibility index (Phi) is 5.46. The van der Waals surface area contributed by atoms with Gasteiger partial charge in [-0.1, -0.05) is 32.0 Å². The second kappa shape index (κ2) is 7.43. The Morgan fingerprint density at radius 1 is 1.20 bits per heavy atom. The number of carbonyl (C=O) groups excluding carboxylic acids is 1. The summed E-state index contributed by atoms with van der Waals surface area (Å²) >= 11 is 0. The quantitative estimate of drug-likeness (QED) is 0.870. The van der Waals surface area contributed by atoms with Gasteiger partial charge in [-0.05, 0) is 36.9 Å². The van der Waals surface area contributed by atoms with E-state index in [0.29, 0.717) is 25.4 Å². The highest BCUT2D eigenvalue weighted by Gasteiger charge is 2.35. The van der Waals surface area contributed by atoms with Crippen molar-refractivity contribution in [2.75, 3.05) is 32.7 Å². The number of hydrogen-bond donors (Lipinski definition) is 1. The highest BCUT2D eigenvalue weighted by Crippen LogP contribution is 2.23. The summed E-state index contributed by atoms with van der Waals surface area (Å²) in [6.07, 6.45) is 1.34. The third-order valence-corrected chi connectivity index (χ3v) is 6.38. The van der Waals surface area contributed by atoms with E-state index in [2.05, 4.69) is 23.5 Å². The smallest absolute Gasteiger partial charge is 0.241 e. The molecule has 2 aliphatic heterocycles. The first-order valence-electron chi connectivity index (χ1n) is 8.98.